The molecule has 0 N–H and O–H groups in total. The van der Waals surface area contributed by atoms with E-state index in [1.807, 2.05) is 0 Å². The minimum atomic E-state index is -3.21. The Bertz CT molecular complexity index is 625. The van der Waals surface area contributed by atoms with Crippen LogP contribution in [0.4, 0.5) is 8.78 Å². The maximum absolute atomic E-state index is 13.6. The van der Waals surface area contributed by atoms with Crippen molar-refractivity contribution in [1.82, 2.24) is 0 Å². The second-order valence-corrected chi connectivity index (χ2v) is 7.61. The van der Waals surface area contributed by atoms with Crippen LogP contribution in [0.1, 0.15) is 36.0 Å². The van der Waals surface area contributed by atoms with Gasteiger partial charge in [0.1, 0.15) is 9.84 Å². The lowest BCUT2D eigenvalue weighted by Gasteiger charge is -2.27. The van der Waals surface area contributed by atoms with Gasteiger partial charge < -0.3 is 0 Å². The third-order valence-electron chi connectivity index (χ3n) is 3.82. The molecule has 0 aliphatic heterocycles. The first-order valence-corrected chi connectivity index (χ1v) is 8.43. The zero-order valence-corrected chi connectivity index (χ0v) is 11.9. The Morgan fingerprint density at radius 3 is 2.60 bits per heavy atom. The Hall–Kier alpha value is -1.30. The number of ketones is 1. The Morgan fingerprint density at radius 2 is 1.95 bits per heavy atom. The summed E-state index contributed by atoms with van der Waals surface area (Å²) in [4.78, 5) is 12.2. The zero-order valence-electron chi connectivity index (χ0n) is 11.1. The average molecular weight is 302 g/mol. The van der Waals surface area contributed by atoms with Crippen molar-refractivity contribution in [3.8, 4) is 0 Å². The van der Waals surface area contributed by atoms with Gasteiger partial charge in [0, 0.05) is 12.2 Å². The lowest BCUT2D eigenvalue weighted by Crippen LogP contribution is -2.31. The molecule has 0 amide bonds. The van der Waals surface area contributed by atoms with E-state index in [2.05, 4.69) is 0 Å². The van der Waals surface area contributed by atoms with Crippen LogP contribution in [0.25, 0.3) is 0 Å². The van der Waals surface area contributed by atoms with Gasteiger partial charge in [-0.15, -0.1) is 0 Å². The number of sulfone groups is 1. The SMILES string of the molecule is CS(=O)(=O)C1CCCC(C(=O)c2cccc(F)c2F)C1. The standard InChI is InChI=1S/C14H16F2O3S/c1-20(18,19)10-5-2-4-9(8-10)14(17)11-6-3-7-12(15)13(11)16/h3,6-7,9-10H,2,4-5,8H2,1H3. The zero-order chi connectivity index (χ0) is 14.9. The molecule has 1 aromatic carbocycles. The van der Waals surface area contributed by atoms with Gasteiger partial charge >= 0.3 is 0 Å². The molecular weight excluding hydrogens is 286 g/mol. The van der Waals surface area contributed by atoms with Crippen LogP contribution in [0.3, 0.4) is 0 Å². The molecule has 2 atom stereocenters. The smallest absolute Gasteiger partial charge is 0.169 e. The second kappa shape index (κ2) is 5.60. The monoisotopic (exact) mass is 302 g/mol. The first kappa shape index (κ1) is 15.1. The van der Waals surface area contributed by atoms with E-state index in [1.165, 1.54) is 12.1 Å². The molecule has 20 heavy (non-hydrogen) atoms. The summed E-state index contributed by atoms with van der Waals surface area (Å²) in [6, 6.07) is 3.47. The summed E-state index contributed by atoms with van der Waals surface area (Å²) >= 11 is 0. The lowest BCUT2D eigenvalue weighted by atomic mass is 9.83. The van der Waals surface area contributed by atoms with Crippen LogP contribution in [0.15, 0.2) is 18.2 Å². The Kier molecular flexibility index (Phi) is 4.22. The molecule has 0 spiro atoms. The van der Waals surface area contributed by atoms with E-state index in [1.54, 1.807) is 0 Å². The maximum atomic E-state index is 13.6. The summed E-state index contributed by atoms with van der Waals surface area (Å²) < 4.78 is 49.9. The molecule has 1 aliphatic carbocycles. The molecule has 0 bridgehead atoms. The molecule has 0 aromatic heterocycles. The minimum absolute atomic E-state index is 0.188. The highest BCUT2D eigenvalue weighted by Crippen LogP contribution is 2.31. The molecule has 3 nitrogen and oxygen atoms in total. The molecule has 110 valence electrons. The van der Waals surface area contributed by atoms with Gasteiger partial charge in [0.25, 0.3) is 0 Å². The summed E-state index contributed by atoms with van der Waals surface area (Å²) in [5.74, 6) is -3.28. The predicted molar refractivity (Wildman–Crippen MR) is 71.3 cm³/mol. The van der Waals surface area contributed by atoms with E-state index < -0.39 is 38.4 Å². The summed E-state index contributed by atoms with van der Waals surface area (Å²) in [5, 5.41) is -0.568. The molecule has 1 aromatic rings. The highest BCUT2D eigenvalue weighted by atomic mass is 32.2. The van der Waals surface area contributed by atoms with Crippen molar-refractivity contribution < 1.29 is 22.0 Å². The van der Waals surface area contributed by atoms with Gasteiger partial charge in [-0.1, -0.05) is 12.5 Å². The topological polar surface area (TPSA) is 51.2 Å². The van der Waals surface area contributed by atoms with E-state index in [4.69, 9.17) is 0 Å². The van der Waals surface area contributed by atoms with Crippen LogP contribution >= 0.6 is 0 Å². The molecule has 0 heterocycles. The van der Waals surface area contributed by atoms with E-state index in [9.17, 15) is 22.0 Å². The van der Waals surface area contributed by atoms with Gasteiger partial charge in [-0.05, 0) is 31.4 Å². The van der Waals surface area contributed by atoms with Crippen LogP contribution in [0.5, 0.6) is 0 Å². The van der Waals surface area contributed by atoms with Gasteiger partial charge in [-0.25, -0.2) is 17.2 Å². The molecule has 1 aliphatic rings. The maximum Gasteiger partial charge on any atom is 0.169 e. The van der Waals surface area contributed by atoms with Crippen LogP contribution in [-0.4, -0.2) is 25.7 Å². The van der Waals surface area contributed by atoms with E-state index in [-0.39, 0.29) is 12.0 Å². The largest absolute Gasteiger partial charge is 0.294 e. The quantitative estimate of drug-likeness (QED) is 0.807. The van der Waals surface area contributed by atoms with Crippen LogP contribution in [-0.2, 0) is 9.84 Å². The first-order chi connectivity index (χ1) is 9.30. The van der Waals surface area contributed by atoms with Crippen LogP contribution in [0.2, 0.25) is 0 Å². The fraction of sp³-hybridized carbons (Fsp3) is 0.500. The van der Waals surface area contributed by atoms with Gasteiger partial charge in [0.15, 0.2) is 17.4 Å². The van der Waals surface area contributed by atoms with Crippen LogP contribution < -0.4 is 0 Å². The van der Waals surface area contributed by atoms with Crippen LogP contribution in [0, 0.1) is 17.6 Å². The summed E-state index contributed by atoms with van der Waals surface area (Å²) in [6.07, 6.45) is 2.97. The highest BCUT2D eigenvalue weighted by molar-refractivity contribution is 7.91. The number of hydrogen-bond donors (Lipinski definition) is 0. The van der Waals surface area contributed by atoms with Crippen molar-refractivity contribution in [2.24, 2.45) is 5.92 Å². The minimum Gasteiger partial charge on any atom is -0.294 e. The molecule has 0 saturated heterocycles. The highest BCUT2D eigenvalue weighted by Gasteiger charge is 2.33. The Morgan fingerprint density at radius 1 is 1.25 bits per heavy atom. The fourth-order valence-corrected chi connectivity index (χ4v) is 3.86. The van der Waals surface area contributed by atoms with Crippen molar-refractivity contribution in [3.05, 3.63) is 35.4 Å². The number of carbonyl (C=O) groups is 1. The molecule has 0 radical (unpaired) electrons. The van der Waals surface area contributed by atoms with E-state index in [0.29, 0.717) is 19.3 Å². The van der Waals surface area contributed by atoms with E-state index in [0.717, 1.165) is 12.3 Å². The van der Waals surface area contributed by atoms with Gasteiger partial charge in [-0.3, -0.25) is 4.79 Å². The molecule has 6 heteroatoms. The molecule has 1 fully saturated rings. The van der Waals surface area contributed by atoms with Crippen molar-refractivity contribution >= 4 is 15.6 Å². The second-order valence-electron chi connectivity index (χ2n) is 5.28. The lowest BCUT2D eigenvalue weighted by molar-refractivity contribution is 0.0885. The van der Waals surface area contributed by atoms with Crippen molar-refractivity contribution in [2.75, 3.05) is 6.26 Å². The Labute approximate surface area is 116 Å². The normalized spacial score (nSPS) is 23.6. The third-order valence-corrected chi connectivity index (χ3v) is 5.46. The molecule has 1 saturated carbocycles. The van der Waals surface area contributed by atoms with Gasteiger partial charge in [0.2, 0.25) is 0 Å². The number of rotatable bonds is 3. The Balaban J connectivity index is 2.23. The van der Waals surface area contributed by atoms with Crippen molar-refractivity contribution in [3.63, 3.8) is 0 Å². The number of Topliss-reactive ketones (excluding diaryl/α,β-unsaturated/α-hetero) is 1. The molecule has 2 rings (SSSR count). The third kappa shape index (κ3) is 3.06. The number of hydrogen-bond acceptors (Lipinski definition) is 3. The van der Waals surface area contributed by atoms with Gasteiger partial charge in [-0.2, -0.15) is 0 Å². The average Bonchev–Trinajstić information content (AvgIpc) is 2.40. The van der Waals surface area contributed by atoms with Crippen molar-refractivity contribution in [2.45, 2.75) is 30.9 Å². The van der Waals surface area contributed by atoms with E-state index >= 15 is 0 Å². The molecular formula is C14H16F2O3S. The first-order valence-electron chi connectivity index (χ1n) is 6.48. The molecule has 2 unspecified atom stereocenters. The number of benzene rings is 1. The van der Waals surface area contributed by atoms with Gasteiger partial charge in [0.05, 0.1) is 10.8 Å². The summed E-state index contributed by atoms with van der Waals surface area (Å²) in [5.41, 5.74) is -0.288. The number of carbonyl (C=O) groups excluding carboxylic acids is 1. The number of halogens is 2. The fourth-order valence-electron chi connectivity index (χ4n) is 2.69. The van der Waals surface area contributed by atoms with Crippen molar-refractivity contribution in [1.29, 1.82) is 0 Å². The summed E-state index contributed by atoms with van der Waals surface area (Å²) in [6.45, 7) is 0. The summed E-state index contributed by atoms with van der Waals surface area (Å²) in [7, 11) is -3.21. The predicted octanol–water partition coefficient (Wildman–Crippen LogP) is 2.75.